The second-order valence-corrected chi connectivity index (χ2v) is 6.44. The zero-order chi connectivity index (χ0) is 14.5. The third-order valence-corrected chi connectivity index (χ3v) is 4.48. The smallest absolute Gasteiger partial charge is 0.0453 e. The highest BCUT2D eigenvalue weighted by Crippen LogP contribution is 2.31. The van der Waals surface area contributed by atoms with Crippen LogP contribution in [0.2, 0.25) is 10.0 Å². The van der Waals surface area contributed by atoms with E-state index in [0.717, 1.165) is 33.0 Å². The molecule has 2 rings (SSSR count). The maximum Gasteiger partial charge on any atom is 0.0453 e. The fraction of sp³-hybridized carbons (Fsp3) is 0.250. The molecule has 0 aliphatic rings. The van der Waals surface area contributed by atoms with E-state index in [1.807, 2.05) is 31.3 Å². The molecule has 0 amide bonds. The lowest BCUT2D eigenvalue weighted by molar-refractivity contribution is 0.625. The highest BCUT2D eigenvalue weighted by molar-refractivity contribution is 9.10. The molecular formula is C16H16BrCl2N. The van der Waals surface area contributed by atoms with Crippen molar-refractivity contribution in [1.82, 2.24) is 5.32 Å². The third kappa shape index (κ3) is 3.98. The van der Waals surface area contributed by atoms with Crippen LogP contribution >= 0.6 is 39.1 Å². The molecule has 20 heavy (non-hydrogen) atoms. The van der Waals surface area contributed by atoms with E-state index in [4.69, 9.17) is 23.2 Å². The first-order valence-corrected chi connectivity index (χ1v) is 7.99. The lowest BCUT2D eigenvalue weighted by atomic mass is 9.92. The molecule has 4 heteroatoms. The molecule has 1 unspecified atom stereocenters. The Bertz CT molecular complexity index is 566. The number of hydrogen-bond acceptors (Lipinski definition) is 1. The largest absolute Gasteiger partial charge is 0.319 e. The molecule has 0 bridgehead atoms. The molecule has 0 radical (unpaired) electrons. The molecule has 0 spiro atoms. The average Bonchev–Trinajstić information content (AvgIpc) is 2.42. The van der Waals surface area contributed by atoms with Crippen molar-refractivity contribution in [2.24, 2.45) is 0 Å². The summed E-state index contributed by atoms with van der Waals surface area (Å²) < 4.78 is 1.08. The Kier molecular flexibility index (Phi) is 5.91. The molecule has 0 saturated carbocycles. The highest BCUT2D eigenvalue weighted by atomic mass is 79.9. The summed E-state index contributed by atoms with van der Waals surface area (Å²) in [4.78, 5) is 0. The molecule has 1 nitrogen and oxygen atoms in total. The molecule has 0 fully saturated rings. The predicted molar refractivity (Wildman–Crippen MR) is 91.0 cm³/mol. The Morgan fingerprint density at radius 3 is 2.35 bits per heavy atom. The minimum atomic E-state index is 0.329. The van der Waals surface area contributed by atoms with Crippen molar-refractivity contribution in [3.63, 3.8) is 0 Å². The molecule has 1 N–H and O–H groups in total. The summed E-state index contributed by atoms with van der Waals surface area (Å²) in [6.45, 7) is 0.873. The second-order valence-electron chi connectivity index (χ2n) is 4.71. The van der Waals surface area contributed by atoms with Gasteiger partial charge in [0.05, 0.1) is 0 Å². The van der Waals surface area contributed by atoms with Gasteiger partial charge in [-0.1, -0.05) is 57.3 Å². The van der Waals surface area contributed by atoms with E-state index in [1.54, 1.807) is 0 Å². The van der Waals surface area contributed by atoms with E-state index in [0.29, 0.717) is 5.92 Å². The fourth-order valence-electron chi connectivity index (χ4n) is 2.29. The quantitative estimate of drug-likeness (QED) is 0.750. The van der Waals surface area contributed by atoms with E-state index in [2.05, 4.69) is 39.4 Å². The van der Waals surface area contributed by atoms with Gasteiger partial charge in [-0.2, -0.15) is 0 Å². The molecule has 2 aromatic carbocycles. The van der Waals surface area contributed by atoms with Crippen LogP contribution in [0.15, 0.2) is 46.9 Å². The molecule has 1 atom stereocenters. The minimum Gasteiger partial charge on any atom is -0.319 e. The van der Waals surface area contributed by atoms with Crippen LogP contribution in [0.4, 0.5) is 0 Å². The monoisotopic (exact) mass is 371 g/mol. The Morgan fingerprint density at radius 1 is 1.10 bits per heavy atom. The fourth-order valence-corrected chi connectivity index (χ4v) is 3.26. The number of benzene rings is 2. The van der Waals surface area contributed by atoms with Crippen molar-refractivity contribution in [1.29, 1.82) is 0 Å². The summed E-state index contributed by atoms with van der Waals surface area (Å²) >= 11 is 16.1. The molecule has 0 aliphatic heterocycles. The minimum absolute atomic E-state index is 0.329. The van der Waals surface area contributed by atoms with E-state index >= 15 is 0 Å². The summed E-state index contributed by atoms with van der Waals surface area (Å²) in [7, 11) is 1.96. The molecule has 0 heterocycles. The summed E-state index contributed by atoms with van der Waals surface area (Å²) in [6.07, 6.45) is 0.815. The van der Waals surface area contributed by atoms with Gasteiger partial charge in [-0.25, -0.2) is 0 Å². The first-order chi connectivity index (χ1) is 9.61. The Hall–Kier alpha value is -0.540. The number of hydrogen-bond donors (Lipinski definition) is 1. The summed E-state index contributed by atoms with van der Waals surface area (Å²) in [5.74, 6) is 0.329. The van der Waals surface area contributed by atoms with Crippen molar-refractivity contribution in [3.8, 4) is 0 Å². The zero-order valence-electron chi connectivity index (χ0n) is 11.2. The van der Waals surface area contributed by atoms with Gasteiger partial charge in [-0.15, -0.1) is 0 Å². The zero-order valence-corrected chi connectivity index (χ0v) is 14.3. The van der Waals surface area contributed by atoms with Crippen LogP contribution in [0.25, 0.3) is 0 Å². The number of nitrogens with one attached hydrogen (secondary N) is 1. The van der Waals surface area contributed by atoms with E-state index in [-0.39, 0.29) is 0 Å². The summed E-state index contributed by atoms with van der Waals surface area (Å²) in [5, 5.41) is 4.70. The first kappa shape index (κ1) is 15.8. The molecule has 106 valence electrons. The summed E-state index contributed by atoms with van der Waals surface area (Å²) in [5.41, 5.74) is 2.28. The van der Waals surface area contributed by atoms with Crippen LogP contribution in [0, 0.1) is 0 Å². The Balaban J connectivity index is 2.30. The van der Waals surface area contributed by atoms with Gasteiger partial charge in [0.25, 0.3) is 0 Å². The lowest BCUT2D eigenvalue weighted by Crippen LogP contribution is -2.19. The van der Waals surface area contributed by atoms with Crippen LogP contribution in [-0.4, -0.2) is 13.6 Å². The standard InChI is InChI=1S/C16H16BrCl2N/c1-20-10-12(11-4-2-5-13(17)8-11)9-14-15(18)6-3-7-16(14)19/h2-8,12,20H,9-10H2,1H3. The maximum atomic E-state index is 6.28. The SMILES string of the molecule is CNCC(Cc1c(Cl)cccc1Cl)c1cccc(Br)c1. The van der Waals surface area contributed by atoms with E-state index in [1.165, 1.54) is 5.56 Å². The number of rotatable bonds is 5. The van der Waals surface area contributed by atoms with E-state index in [9.17, 15) is 0 Å². The number of likely N-dealkylation sites (N-methyl/N-ethyl adjacent to an activating group) is 1. The summed E-state index contributed by atoms with van der Waals surface area (Å²) in [6, 6.07) is 14.0. The van der Waals surface area contributed by atoms with Gasteiger partial charge in [0, 0.05) is 27.0 Å². The predicted octanol–water partition coefficient (Wildman–Crippen LogP) is 5.30. The normalized spacial score (nSPS) is 12.4. The van der Waals surface area contributed by atoms with Crippen LogP contribution in [0.1, 0.15) is 17.0 Å². The van der Waals surface area contributed by atoms with Gasteiger partial charge in [-0.05, 0) is 48.9 Å². The van der Waals surface area contributed by atoms with Gasteiger partial charge >= 0.3 is 0 Å². The van der Waals surface area contributed by atoms with Crippen LogP contribution in [0.5, 0.6) is 0 Å². The van der Waals surface area contributed by atoms with Crippen molar-refractivity contribution >= 4 is 39.1 Å². The van der Waals surface area contributed by atoms with Crippen molar-refractivity contribution in [2.45, 2.75) is 12.3 Å². The Labute approximate surface area is 138 Å². The molecule has 0 aromatic heterocycles. The maximum absolute atomic E-state index is 6.28. The van der Waals surface area contributed by atoms with Gasteiger partial charge in [0.2, 0.25) is 0 Å². The molecule has 2 aromatic rings. The van der Waals surface area contributed by atoms with Crippen molar-refractivity contribution in [3.05, 3.63) is 68.1 Å². The molecule has 0 aliphatic carbocycles. The van der Waals surface area contributed by atoms with Crippen LogP contribution in [-0.2, 0) is 6.42 Å². The van der Waals surface area contributed by atoms with Gasteiger partial charge in [-0.3, -0.25) is 0 Å². The van der Waals surface area contributed by atoms with Gasteiger partial charge in [0.1, 0.15) is 0 Å². The van der Waals surface area contributed by atoms with Gasteiger partial charge in [0.15, 0.2) is 0 Å². The number of halogens is 3. The topological polar surface area (TPSA) is 12.0 Å². The van der Waals surface area contributed by atoms with Crippen molar-refractivity contribution in [2.75, 3.05) is 13.6 Å². The van der Waals surface area contributed by atoms with Crippen molar-refractivity contribution < 1.29 is 0 Å². The second kappa shape index (κ2) is 7.46. The average molecular weight is 373 g/mol. The molecule has 0 saturated heterocycles. The van der Waals surface area contributed by atoms with Crippen LogP contribution in [0.3, 0.4) is 0 Å². The third-order valence-electron chi connectivity index (χ3n) is 3.28. The first-order valence-electron chi connectivity index (χ1n) is 6.44. The highest BCUT2D eigenvalue weighted by Gasteiger charge is 2.16. The molecular weight excluding hydrogens is 357 g/mol. The van der Waals surface area contributed by atoms with Gasteiger partial charge < -0.3 is 5.32 Å². The van der Waals surface area contributed by atoms with Crippen LogP contribution < -0.4 is 5.32 Å². The lowest BCUT2D eigenvalue weighted by Gasteiger charge is -2.19. The Morgan fingerprint density at radius 2 is 1.75 bits per heavy atom. The van der Waals surface area contributed by atoms with E-state index < -0.39 is 0 Å².